The molecule has 0 aliphatic heterocycles. The van der Waals surface area contributed by atoms with Crippen LogP contribution in [0.3, 0.4) is 0 Å². The third kappa shape index (κ3) is 3.77. The Morgan fingerprint density at radius 1 is 1.00 bits per heavy atom. The van der Waals surface area contributed by atoms with E-state index in [0.29, 0.717) is 12.5 Å². The molecule has 1 heterocycles. The van der Waals surface area contributed by atoms with Gasteiger partial charge in [0.15, 0.2) is 0 Å². The van der Waals surface area contributed by atoms with Crippen LogP contribution in [0, 0.1) is 0 Å². The van der Waals surface area contributed by atoms with Crippen LogP contribution in [0.5, 0.6) is 5.75 Å². The number of ether oxygens (including phenoxy) is 1. The lowest BCUT2D eigenvalue weighted by Gasteiger charge is -2.05. The number of aromatic nitrogens is 1. The molecule has 4 heteroatoms. The number of halogens is 1. The van der Waals surface area contributed by atoms with Crippen LogP contribution in [-0.4, -0.2) is 11.6 Å². The van der Waals surface area contributed by atoms with Gasteiger partial charge in [0.1, 0.15) is 12.0 Å². The molecule has 0 spiro atoms. The zero-order valence-corrected chi connectivity index (χ0v) is 13.6. The molecule has 0 aliphatic rings. The van der Waals surface area contributed by atoms with E-state index in [4.69, 9.17) is 9.15 Å². The van der Waals surface area contributed by atoms with Gasteiger partial charge in [0.25, 0.3) is 0 Å². The van der Waals surface area contributed by atoms with E-state index in [1.165, 1.54) is 5.56 Å². The van der Waals surface area contributed by atoms with Crippen molar-refractivity contribution >= 4 is 15.9 Å². The molecule has 0 N–H and O–H groups in total. The summed E-state index contributed by atoms with van der Waals surface area (Å²) in [6, 6.07) is 17.9. The van der Waals surface area contributed by atoms with Gasteiger partial charge in [0.05, 0.1) is 12.3 Å². The third-order valence-corrected chi connectivity index (χ3v) is 3.92. The summed E-state index contributed by atoms with van der Waals surface area (Å²) >= 11 is 3.43. The molecule has 0 atom stereocenters. The topological polar surface area (TPSA) is 35.3 Å². The van der Waals surface area contributed by atoms with Gasteiger partial charge in [0, 0.05) is 17.3 Å². The predicted octanol–water partition coefficient (Wildman–Crippen LogP) is 4.86. The number of nitrogens with zero attached hydrogens (tertiary/aromatic N) is 1. The molecule has 22 heavy (non-hydrogen) atoms. The molecule has 0 radical (unpaired) electrons. The lowest BCUT2D eigenvalue weighted by Crippen LogP contribution is -2.01. The molecule has 0 amide bonds. The Morgan fingerprint density at radius 2 is 1.77 bits per heavy atom. The van der Waals surface area contributed by atoms with Gasteiger partial charge in [-0.2, -0.15) is 0 Å². The Hall–Kier alpha value is -2.07. The van der Waals surface area contributed by atoms with Crippen LogP contribution >= 0.6 is 15.9 Å². The molecule has 3 rings (SSSR count). The van der Waals surface area contributed by atoms with Gasteiger partial charge in [-0.25, -0.2) is 4.98 Å². The standard InChI is InChI=1S/C18H16BrNO2/c19-12-14-6-8-17(9-7-14)21-11-10-16-13-22-18(20-16)15-4-2-1-3-5-15/h1-9,13H,10-12H2. The molecule has 0 bridgehead atoms. The highest BCUT2D eigenvalue weighted by atomic mass is 79.9. The first-order valence-corrected chi connectivity index (χ1v) is 8.25. The summed E-state index contributed by atoms with van der Waals surface area (Å²) in [5, 5.41) is 0.856. The highest BCUT2D eigenvalue weighted by Gasteiger charge is 2.06. The SMILES string of the molecule is BrCc1ccc(OCCc2coc(-c3ccccc3)n2)cc1. The number of benzene rings is 2. The monoisotopic (exact) mass is 357 g/mol. The first-order valence-electron chi connectivity index (χ1n) is 7.12. The lowest BCUT2D eigenvalue weighted by molar-refractivity contribution is 0.320. The minimum Gasteiger partial charge on any atom is -0.493 e. The van der Waals surface area contributed by atoms with E-state index in [9.17, 15) is 0 Å². The molecule has 0 unspecified atom stereocenters. The summed E-state index contributed by atoms with van der Waals surface area (Å²) in [6.07, 6.45) is 2.41. The Kier molecular flexibility index (Phi) is 4.91. The van der Waals surface area contributed by atoms with E-state index < -0.39 is 0 Å². The molecular weight excluding hydrogens is 342 g/mol. The molecule has 0 aliphatic carbocycles. The highest BCUT2D eigenvalue weighted by Crippen LogP contribution is 2.18. The summed E-state index contributed by atoms with van der Waals surface area (Å²) in [7, 11) is 0. The Labute approximate surface area is 138 Å². The number of alkyl halides is 1. The number of rotatable bonds is 6. The highest BCUT2D eigenvalue weighted by molar-refractivity contribution is 9.08. The summed E-state index contributed by atoms with van der Waals surface area (Å²) < 4.78 is 11.2. The molecule has 2 aromatic carbocycles. The van der Waals surface area contributed by atoms with Gasteiger partial charge in [-0.3, -0.25) is 0 Å². The predicted molar refractivity (Wildman–Crippen MR) is 90.2 cm³/mol. The van der Waals surface area contributed by atoms with Gasteiger partial charge < -0.3 is 9.15 Å². The quantitative estimate of drug-likeness (QED) is 0.591. The van der Waals surface area contributed by atoms with Crippen molar-refractivity contribution in [2.75, 3.05) is 6.61 Å². The van der Waals surface area contributed by atoms with Crippen LogP contribution in [0.1, 0.15) is 11.3 Å². The van der Waals surface area contributed by atoms with E-state index in [1.54, 1.807) is 6.26 Å². The third-order valence-electron chi connectivity index (χ3n) is 3.28. The Morgan fingerprint density at radius 3 is 2.50 bits per heavy atom. The van der Waals surface area contributed by atoms with Crippen molar-refractivity contribution in [1.29, 1.82) is 0 Å². The van der Waals surface area contributed by atoms with Crippen LogP contribution < -0.4 is 4.74 Å². The number of hydrogen-bond acceptors (Lipinski definition) is 3. The zero-order chi connectivity index (χ0) is 15.2. The number of oxazole rings is 1. The van der Waals surface area contributed by atoms with Crippen molar-refractivity contribution in [3.8, 4) is 17.2 Å². The van der Waals surface area contributed by atoms with E-state index in [1.807, 2.05) is 54.6 Å². The summed E-state index contributed by atoms with van der Waals surface area (Å²) in [4.78, 5) is 4.49. The minimum atomic E-state index is 0.578. The van der Waals surface area contributed by atoms with Gasteiger partial charge in [-0.15, -0.1) is 0 Å². The largest absolute Gasteiger partial charge is 0.493 e. The average Bonchev–Trinajstić information content (AvgIpc) is 3.05. The molecule has 1 aromatic heterocycles. The van der Waals surface area contributed by atoms with Crippen molar-refractivity contribution in [2.45, 2.75) is 11.8 Å². The van der Waals surface area contributed by atoms with Crippen molar-refractivity contribution in [1.82, 2.24) is 4.98 Å². The summed E-state index contributed by atoms with van der Waals surface area (Å²) in [6.45, 7) is 0.578. The van der Waals surface area contributed by atoms with Gasteiger partial charge >= 0.3 is 0 Å². The zero-order valence-electron chi connectivity index (χ0n) is 12.0. The first-order chi connectivity index (χ1) is 10.8. The van der Waals surface area contributed by atoms with Gasteiger partial charge in [-0.05, 0) is 29.8 Å². The Bertz CT molecular complexity index is 707. The smallest absolute Gasteiger partial charge is 0.226 e. The van der Waals surface area contributed by atoms with E-state index in [0.717, 1.165) is 28.8 Å². The summed E-state index contributed by atoms with van der Waals surface area (Å²) in [5.74, 6) is 1.52. The van der Waals surface area contributed by atoms with Crippen molar-refractivity contribution in [2.24, 2.45) is 0 Å². The molecule has 0 saturated heterocycles. The second-order valence-electron chi connectivity index (χ2n) is 4.89. The maximum atomic E-state index is 5.73. The normalized spacial score (nSPS) is 10.6. The molecule has 0 fully saturated rings. The maximum Gasteiger partial charge on any atom is 0.226 e. The second kappa shape index (κ2) is 7.27. The fourth-order valence-electron chi connectivity index (χ4n) is 2.08. The average molecular weight is 358 g/mol. The van der Waals surface area contributed by atoms with E-state index in [-0.39, 0.29) is 0 Å². The maximum absolute atomic E-state index is 5.73. The van der Waals surface area contributed by atoms with Crippen molar-refractivity contribution in [3.63, 3.8) is 0 Å². The fraction of sp³-hybridized carbons (Fsp3) is 0.167. The van der Waals surface area contributed by atoms with Gasteiger partial charge in [0.2, 0.25) is 5.89 Å². The van der Waals surface area contributed by atoms with Crippen LogP contribution in [0.25, 0.3) is 11.5 Å². The van der Waals surface area contributed by atoms with E-state index in [2.05, 4.69) is 20.9 Å². The molecule has 3 aromatic rings. The number of hydrogen-bond donors (Lipinski definition) is 0. The molecular formula is C18H16BrNO2. The van der Waals surface area contributed by atoms with E-state index >= 15 is 0 Å². The van der Waals surface area contributed by atoms with Crippen LogP contribution in [0.2, 0.25) is 0 Å². The van der Waals surface area contributed by atoms with Crippen molar-refractivity contribution in [3.05, 3.63) is 72.1 Å². The van der Waals surface area contributed by atoms with Crippen molar-refractivity contribution < 1.29 is 9.15 Å². The first kappa shape index (κ1) is 14.9. The minimum absolute atomic E-state index is 0.578. The molecule has 3 nitrogen and oxygen atoms in total. The van der Waals surface area contributed by atoms with Crippen LogP contribution in [0.4, 0.5) is 0 Å². The van der Waals surface area contributed by atoms with Crippen LogP contribution in [-0.2, 0) is 11.8 Å². The Balaban J connectivity index is 1.54. The lowest BCUT2D eigenvalue weighted by atomic mass is 10.2. The van der Waals surface area contributed by atoms with Crippen LogP contribution in [0.15, 0.2) is 65.3 Å². The fourth-order valence-corrected chi connectivity index (χ4v) is 2.46. The molecule has 112 valence electrons. The second-order valence-corrected chi connectivity index (χ2v) is 5.45. The molecule has 0 saturated carbocycles. The summed E-state index contributed by atoms with van der Waals surface area (Å²) in [5.41, 5.74) is 3.12. The van der Waals surface area contributed by atoms with Gasteiger partial charge in [-0.1, -0.05) is 46.3 Å².